The van der Waals surface area contributed by atoms with Crippen LogP contribution in [0.2, 0.25) is 0 Å². The molecule has 0 radical (unpaired) electrons. The second-order valence-corrected chi connectivity index (χ2v) is 8.12. The molecule has 32 heavy (non-hydrogen) atoms. The molecule has 0 saturated carbocycles. The highest BCUT2D eigenvalue weighted by Gasteiger charge is 2.35. The van der Waals surface area contributed by atoms with E-state index >= 15 is 0 Å². The van der Waals surface area contributed by atoms with E-state index in [0.717, 1.165) is 28.2 Å². The van der Waals surface area contributed by atoms with Crippen LogP contribution in [-0.2, 0) is 12.4 Å². The Morgan fingerprint density at radius 2 is 1.72 bits per heavy atom. The maximum atomic E-state index is 13.2. The summed E-state index contributed by atoms with van der Waals surface area (Å²) in [4.78, 5) is 12.6. The zero-order chi connectivity index (χ0) is 23.0. The van der Waals surface area contributed by atoms with Gasteiger partial charge in [0.25, 0.3) is 0 Å². The predicted octanol–water partition coefficient (Wildman–Crippen LogP) is 5.04. The summed E-state index contributed by atoms with van der Waals surface area (Å²) in [6.07, 6.45) is -6.63. The largest absolute Gasteiger partial charge is 0.435 e. The number of nitrogens with zero attached hydrogens (tertiary/aromatic N) is 7. The van der Waals surface area contributed by atoms with Crippen molar-refractivity contribution in [2.24, 2.45) is 0 Å². The van der Waals surface area contributed by atoms with Crippen LogP contribution < -0.4 is 0 Å². The molecule has 0 aliphatic heterocycles. The summed E-state index contributed by atoms with van der Waals surface area (Å²) >= 11 is 0.996. The molecule has 1 unspecified atom stereocenters. The first-order chi connectivity index (χ1) is 14.9. The first-order valence-electron chi connectivity index (χ1n) is 9.08. The minimum Gasteiger partial charge on any atom is -0.262 e. The van der Waals surface area contributed by atoms with Crippen LogP contribution in [0.5, 0.6) is 0 Å². The molecule has 0 aliphatic carbocycles. The van der Waals surface area contributed by atoms with Crippen LogP contribution in [0.15, 0.2) is 24.7 Å². The summed E-state index contributed by atoms with van der Waals surface area (Å²) in [5.41, 5.74) is -0.921. The Morgan fingerprint density at radius 1 is 1.00 bits per heavy atom. The van der Waals surface area contributed by atoms with Crippen molar-refractivity contribution in [3.8, 4) is 0 Å². The number of aryl methyl sites for hydroxylation is 1. The van der Waals surface area contributed by atoms with Crippen molar-refractivity contribution in [3.63, 3.8) is 0 Å². The molecule has 5 aromatic rings. The molecule has 14 heteroatoms. The Morgan fingerprint density at radius 3 is 2.38 bits per heavy atom. The molecule has 0 amide bonds. The van der Waals surface area contributed by atoms with Gasteiger partial charge in [-0.05, 0) is 31.5 Å². The SMILES string of the molecule is Cc1cc(C(F)(F)F)nc2sc3c(ncn4nc(C(C)n5ccc(C(F)(F)F)n5)nc34)c12. The molecular formula is C18H11F6N7S. The summed E-state index contributed by atoms with van der Waals surface area (Å²) in [5.74, 6) is 0.175. The van der Waals surface area contributed by atoms with E-state index in [-0.39, 0.29) is 10.7 Å². The van der Waals surface area contributed by atoms with E-state index in [4.69, 9.17) is 0 Å². The number of rotatable bonds is 2. The Labute approximate surface area is 178 Å². The summed E-state index contributed by atoms with van der Waals surface area (Å²) in [7, 11) is 0. The predicted molar refractivity (Wildman–Crippen MR) is 102 cm³/mol. The number of hydrogen-bond acceptors (Lipinski definition) is 6. The van der Waals surface area contributed by atoms with Gasteiger partial charge in [-0.25, -0.2) is 19.5 Å². The standard InChI is InChI=1S/C18H11F6N7S/c1-7-5-10(18(22,23)24)26-16-11(7)12-13(32-16)15-27-14(29-31(15)6-25-12)8(2)30-4-3-9(28-30)17(19,20)21/h3-6,8H,1-2H3. The molecule has 1 atom stereocenters. The second kappa shape index (κ2) is 6.60. The third-order valence-corrected chi connectivity index (χ3v) is 6.01. The summed E-state index contributed by atoms with van der Waals surface area (Å²) in [5, 5.41) is 8.30. The Bertz CT molecular complexity index is 1490. The lowest BCUT2D eigenvalue weighted by Gasteiger charge is -2.08. The van der Waals surface area contributed by atoms with Crippen LogP contribution >= 0.6 is 11.3 Å². The van der Waals surface area contributed by atoms with Gasteiger partial charge in [0.05, 0.1) is 5.52 Å². The third-order valence-electron chi connectivity index (χ3n) is 4.94. The zero-order valence-electron chi connectivity index (χ0n) is 16.2. The number of fused-ring (bicyclic) bond motifs is 5. The highest BCUT2D eigenvalue weighted by atomic mass is 32.1. The Kier molecular flexibility index (Phi) is 4.25. The molecule has 0 spiro atoms. The van der Waals surface area contributed by atoms with Gasteiger partial charge in [0.15, 0.2) is 17.2 Å². The van der Waals surface area contributed by atoms with Gasteiger partial charge in [-0.2, -0.15) is 31.4 Å². The van der Waals surface area contributed by atoms with Gasteiger partial charge in [-0.3, -0.25) is 4.68 Å². The van der Waals surface area contributed by atoms with E-state index in [0.29, 0.717) is 26.8 Å². The maximum Gasteiger partial charge on any atom is 0.435 e. The molecular weight excluding hydrogens is 460 g/mol. The van der Waals surface area contributed by atoms with Crippen molar-refractivity contribution in [2.75, 3.05) is 0 Å². The average Bonchev–Trinajstić information content (AvgIpc) is 3.41. The monoisotopic (exact) mass is 471 g/mol. The average molecular weight is 471 g/mol. The fourth-order valence-electron chi connectivity index (χ4n) is 3.37. The lowest BCUT2D eigenvalue weighted by atomic mass is 10.1. The minimum atomic E-state index is -4.59. The molecule has 7 nitrogen and oxygen atoms in total. The van der Waals surface area contributed by atoms with E-state index in [9.17, 15) is 26.3 Å². The minimum absolute atomic E-state index is 0.160. The normalized spacial score (nSPS) is 14.1. The van der Waals surface area contributed by atoms with Crippen molar-refractivity contribution in [2.45, 2.75) is 32.2 Å². The van der Waals surface area contributed by atoms with Crippen molar-refractivity contribution in [3.05, 3.63) is 47.4 Å². The van der Waals surface area contributed by atoms with Gasteiger partial charge >= 0.3 is 12.4 Å². The van der Waals surface area contributed by atoms with Crippen LogP contribution in [0.3, 0.4) is 0 Å². The Hall–Kier alpha value is -3.29. The van der Waals surface area contributed by atoms with Crippen LogP contribution in [-0.4, -0.2) is 34.3 Å². The van der Waals surface area contributed by atoms with E-state index < -0.39 is 29.8 Å². The fourth-order valence-corrected chi connectivity index (χ4v) is 4.55. The van der Waals surface area contributed by atoms with Crippen molar-refractivity contribution >= 4 is 37.4 Å². The summed E-state index contributed by atoms with van der Waals surface area (Å²) in [6.45, 7) is 3.13. The van der Waals surface area contributed by atoms with Crippen LogP contribution in [0, 0.1) is 6.92 Å². The maximum absolute atomic E-state index is 13.2. The summed E-state index contributed by atoms with van der Waals surface area (Å²) in [6, 6.07) is 1.09. The third kappa shape index (κ3) is 3.16. The number of alkyl halides is 6. The van der Waals surface area contributed by atoms with Gasteiger partial charge in [-0.15, -0.1) is 16.4 Å². The molecule has 0 N–H and O–H groups in total. The molecule has 166 valence electrons. The van der Waals surface area contributed by atoms with Crippen LogP contribution in [0.25, 0.3) is 26.1 Å². The first kappa shape index (κ1) is 20.6. The van der Waals surface area contributed by atoms with Gasteiger partial charge in [0.1, 0.15) is 27.6 Å². The van der Waals surface area contributed by atoms with Gasteiger partial charge in [-0.1, -0.05) is 0 Å². The van der Waals surface area contributed by atoms with Crippen molar-refractivity contribution in [1.29, 1.82) is 0 Å². The Balaban J connectivity index is 1.65. The highest BCUT2D eigenvalue weighted by Crippen LogP contribution is 2.38. The van der Waals surface area contributed by atoms with E-state index in [2.05, 4.69) is 25.1 Å². The van der Waals surface area contributed by atoms with E-state index in [1.165, 1.54) is 17.0 Å². The van der Waals surface area contributed by atoms with Crippen molar-refractivity contribution < 1.29 is 26.3 Å². The van der Waals surface area contributed by atoms with Crippen molar-refractivity contribution in [1.82, 2.24) is 34.3 Å². The molecule has 0 saturated heterocycles. The zero-order valence-corrected chi connectivity index (χ0v) is 17.0. The van der Waals surface area contributed by atoms with E-state index in [1.807, 2.05) is 0 Å². The van der Waals surface area contributed by atoms with Crippen LogP contribution in [0.4, 0.5) is 26.3 Å². The number of pyridine rings is 1. The molecule has 5 aromatic heterocycles. The molecule has 0 aliphatic rings. The van der Waals surface area contributed by atoms with Crippen LogP contribution in [0.1, 0.15) is 35.7 Å². The molecule has 0 fully saturated rings. The number of halogens is 6. The van der Waals surface area contributed by atoms with Gasteiger partial charge in [0.2, 0.25) is 0 Å². The molecule has 0 aromatic carbocycles. The number of thiophene rings is 1. The summed E-state index contributed by atoms with van der Waals surface area (Å²) < 4.78 is 80.9. The quantitative estimate of drug-likeness (QED) is 0.338. The number of hydrogen-bond donors (Lipinski definition) is 0. The second-order valence-electron chi connectivity index (χ2n) is 7.12. The highest BCUT2D eigenvalue weighted by molar-refractivity contribution is 7.26. The molecule has 5 rings (SSSR count). The van der Waals surface area contributed by atoms with Gasteiger partial charge in [0, 0.05) is 11.6 Å². The lowest BCUT2D eigenvalue weighted by Crippen LogP contribution is -2.12. The van der Waals surface area contributed by atoms with E-state index in [1.54, 1.807) is 13.8 Å². The first-order valence-corrected chi connectivity index (χ1v) is 9.90. The topological polar surface area (TPSA) is 73.8 Å². The molecule has 5 heterocycles. The van der Waals surface area contributed by atoms with Gasteiger partial charge < -0.3 is 0 Å². The molecule has 0 bridgehead atoms. The smallest absolute Gasteiger partial charge is 0.262 e. The fraction of sp³-hybridized carbons (Fsp3) is 0.278. The lowest BCUT2D eigenvalue weighted by molar-refractivity contribution is -0.142. The number of aromatic nitrogens is 7.